The van der Waals surface area contributed by atoms with E-state index in [4.69, 9.17) is 9.15 Å². The molecular formula is C41H47NO6. The Balaban J connectivity index is 1.42. The molecule has 4 unspecified atom stereocenters. The van der Waals surface area contributed by atoms with Gasteiger partial charge in [-0.1, -0.05) is 73.2 Å². The zero-order chi connectivity index (χ0) is 33.9. The van der Waals surface area contributed by atoms with Crippen LogP contribution in [0.5, 0.6) is 0 Å². The molecule has 48 heavy (non-hydrogen) atoms. The molecule has 0 radical (unpaired) electrons. The van der Waals surface area contributed by atoms with Gasteiger partial charge in [-0.25, -0.2) is 4.79 Å². The summed E-state index contributed by atoms with van der Waals surface area (Å²) in [5, 5.41) is 25.9. The van der Waals surface area contributed by atoms with Crippen LogP contribution in [0.2, 0.25) is 0 Å². The summed E-state index contributed by atoms with van der Waals surface area (Å²) in [6.45, 7) is 6.63. The highest BCUT2D eigenvalue weighted by atomic mass is 16.6. The fraction of sp³-hybridized carbons (Fsp3) is 0.415. The summed E-state index contributed by atoms with van der Waals surface area (Å²) in [6, 6.07) is 23.5. The predicted octanol–water partition coefficient (Wildman–Crippen LogP) is 8.36. The van der Waals surface area contributed by atoms with E-state index >= 15 is 0 Å². The molecular weight excluding hydrogens is 602 g/mol. The number of rotatable bonds is 7. The Morgan fingerprint density at radius 1 is 1.02 bits per heavy atom. The quantitative estimate of drug-likeness (QED) is 0.154. The average molecular weight is 650 g/mol. The minimum absolute atomic E-state index is 0.0937. The highest BCUT2D eigenvalue weighted by molar-refractivity contribution is 6.08. The molecule has 7 rings (SSSR count). The molecule has 4 atom stereocenters. The van der Waals surface area contributed by atoms with Crippen molar-refractivity contribution in [1.29, 1.82) is 0 Å². The Morgan fingerprint density at radius 3 is 2.62 bits per heavy atom. The van der Waals surface area contributed by atoms with E-state index in [0.29, 0.717) is 44.2 Å². The average Bonchev–Trinajstić information content (AvgIpc) is 3.70. The molecule has 2 bridgehead atoms. The molecule has 1 heterocycles. The minimum Gasteiger partial charge on any atom is -0.461 e. The number of carbonyl (C=O) groups excluding carboxylic acids is 2. The van der Waals surface area contributed by atoms with Gasteiger partial charge in [-0.15, -0.1) is 0 Å². The lowest BCUT2D eigenvalue weighted by molar-refractivity contribution is -0.0820. The zero-order valence-electron chi connectivity index (χ0n) is 28.3. The number of hydrogen-bond donors (Lipinski definition) is 2. The number of carbonyl (C=O) groups is 2. The second kappa shape index (κ2) is 14.1. The van der Waals surface area contributed by atoms with E-state index < -0.39 is 23.2 Å². The van der Waals surface area contributed by atoms with Crippen LogP contribution in [0.4, 0.5) is 4.79 Å². The van der Waals surface area contributed by atoms with Gasteiger partial charge in [0, 0.05) is 17.5 Å². The number of benzene rings is 3. The maximum atomic E-state index is 14.0. The van der Waals surface area contributed by atoms with Gasteiger partial charge in [0.15, 0.2) is 5.76 Å². The van der Waals surface area contributed by atoms with Crippen LogP contribution in [0, 0.1) is 5.41 Å². The minimum atomic E-state index is -1.27. The number of ketones is 1. The lowest BCUT2D eigenvalue weighted by Crippen LogP contribution is -2.53. The van der Waals surface area contributed by atoms with Crippen LogP contribution >= 0.6 is 0 Å². The van der Waals surface area contributed by atoms with Crippen molar-refractivity contribution >= 4 is 22.6 Å². The van der Waals surface area contributed by atoms with Crippen LogP contribution in [-0.2, 0) is 17.7 Å². The van der Waals surface area contributed by atoms with Gasteiger partial charge in [-0.3, -0.25) is 4.79 Å². The first kappa shape index (κ1) is 33.7. The highest BCUT2D eigenvalue weighted by Crippen LogP contribution is 2.59. The van der Waals surface area contributed by atoms with E-state index in [1.165, 1.54) is 11.8 Å². The number of amides is 1. The molecule has 1 aromatic heterocycles. The molecule has 7 nitrogen and oxygen atoms in total. The first-order valence-corrected chi connectivity index (χ1v) is 17.3. The summed E-state index contributed by atoms with van der Waals surface area (Å²) < 4.78 is 11.1. The lowest BCUT2D eigenvalue weighted by Gasteiger charge is -2.46. The van der Waals surface area contributed by atoms with Gasteiger partial charge in [0.2, 0.25) is 5.78 Å². The number of nitrogens with zero attached hydrogens (tertiary/aromatic N) is 1. The molecule has 0 spiro atoms. The Morgan fingerprint density at radius 2 is 1.83 bits per heavy atom. The lowest BCUT2D eigenvalue weighted by atomic mass is 9.64. The van der Waals surface area contributed by atoms with Crippen molar-refractivity contribution in [3.8, 4) is 0 Å². The summed E-state index contributed by atoms with van der Waals surface area (Å²) in [5.41, 5.74) is 2.51. The molecule has 1 amide bonds. The van der Waals surface area contributed by atoms with Crippen molar-refractivity contribution in [2.75, 3.05) is 13.2 Å². The van der Waals surface area contributed by atoms with E-state index in [2.05, 4.69) is 38.1 Å². The standard InChI is InChI=1S/C41H47NO6/c1-4-47-39(45)42(26-31-13-7-12-30-11-5-6-14-33(30)31)27-41(46)22-20-36-34-19-17-29(25-35(34)38(44)37-15-9-23-48-37)24-32(43)18-16-28(2)10-8-21-40(36,41)3/h5-7,9-15,17,19,23,25,32,36,43,46H,4,8,16,18,20-22,24,26-27H2,1-3H3. The molecule has 1 fully saturated rings. The van der Waals surface area contributed by atoms with Crippen molar-refractivity contribution < 1.29 is 29.0 Å². The van der Waals surface area contributed by atoms with Crippen molar-refractivity contribution in [3.63, 3.8) is 0 Å². The summed E-state index contributed by atoms with van der Waals surface area (Å²) in [4.78, 5) is 29.2. The number of fused-ring (bicyclic) bond motifs is 9. The fourth-order valence-corrected chi connectivity index (χ4v) is 8.09. The SMILES string of the molecule is CCOC(=O)N(Cc1cccc2ccccc12)CC1(O)CCC2c3ccc(cc3C(=O)c3ccco3)CC(O)CCC(C)=CCCC21C. The third-order valence-electron chi connectivity index (χ3n) is 10.9. The van der Waals surface area contributed by atoms with Crippen molar-refractivity contribution in [3.05, 3.63) is 119 Å². The van der Waals surface area contributed by atoms with Crippen LogP contribution < -0.4 is 0 Å². The first-order valence-electron chi connectivity index (χ1n) is 17.3. The molecule has 7 heteroatoms. The molecule has 2 N–H and O–H groups in total. The van der Waals surface area contributed by atoms with Crippen LogP contribution in [-0.4, -0.2) is 51.8 Å². The topological polar surface area (TPSA) is 100 Å². The highest BCUT2D eigenvalue weighted by Gasteiger charge is 2.57. The third-order valence-corrected chi connectivity index (χ3v) is 10.9. The van der Waals surface area contributed by atoms with Crippen LogP contribution in [0.15, 0.2) is 95.1 Å². The Bertz CT molecular complexity index is 1790. The molecule has 4 aromatic rings. The monoisotopic (exact) mass is 649 g/mol. The Kier molecular flexibility index (Phi) is 9.90. The van der Waals surface area contributed by atoms with E-state index in [1.807, 2.05) is 42.5 Å². The van der Waals surface area contributed by atoms with Gasteiger partial charge in [-0.05, 0) is 110 Å². The maximum absolute atomic E-state index is 14.0. The fourth-order valence-electron chi connectivity index (χ4n) is 8.09. The van der Waals surface area contributed by atoms with Crippen LogP contribution in [0.1, 0.15) is 98.0 Å². The smallest absolute Gasteiger partial charge is 0.410 e. The molecule has 3 aliphatic rings. The maximum Gasteiger partial charge on any atom is 0.410 e. The molecule has 3 aliphatic carbocycles. The molecule has 0 aliphatic heterocycles. The first-order chi connectivity index (χ1) is 23.1. The number of aliphatic hydroxyl groups excluding tert-OH is 1. The van der Waals surface area contributed by atoms with Gasteiger partial charge in [-0.2, -0.15) is 0 Å². The van der Waals surface area contributed by atoms with Gasteiger partial charge >= 0.3 is 6.09 Å². The second-order valence-corrected chi connectivity index (χ2v) is 13.9. The van der Waals surface area contributed by atoms with E-state index in [1.54, 1.807) is 24.0 Å². The number of allylic oxidation sites excluding steroid dienone is 2. The molecule has 1 saturated carbocycles. The summed E-state index contributed by atoms with van der Waals surface area (Å²) in [6.07, 6.45) is 7.04. The third kappa shape index (κ3) is 6.71. The van der Waals surface area contributed by atoms with Crippen molar-refractivity contribution in [2.24, 2.45) is 5.41 Å². The van der Waals surface area contributed by atoms with Gasteiger partial charge in [0.1, 0.15) is 0 Å². The normalized spacial score (nSPS) is 24.5. The summed E-state index contributed by atoms with van der Waals surface area (Å²) in [5.74, 6) is -0.128. The van der Waals surface area contributed by atoms with Gasteiger partial charge in [0.25, 0.3) is 0 Å². The Hall–Kier alpha value is -4.20. The number of ether oxygens (including phenoxy) is 1. The predicted molar refractivity (Wildman–Crippen MR) is 187 cm³/mol. The number of hydrogen-bond acceptors (Lipinski definition) is 6. The van der Waals surface area contributed by atoms with Gasteiger partial charge in [0.05, 0.1) is 31.1 Å². The molecule has 0 saturated heterocycles. The van der Waals surface area contributed by atoms with Crippen molar-refractivity contribution in [1.82, 2.24) is 4.90 Å². The summed E-state index contributed by atoms with van der Waals surface area (Å²) >= 11 is 0. The van der Waals surface area contributed by atoms with Crippen LogP contribution in [0.25, 0.3) is 10.8 Å². The van der Waals surface area contributed by atoms with Gasteiger partial charge < -0.3 is 24.3 Å². The molecule has 252 valence electrons. The van der Waals surface area contributed by atoms with Crippen molar-refractivity contribution in [2.45, 2.75) is 89.9 Å². The largest absolute Gasteiger partial charge is 0.461 e. The van der Waals surface area contributed by atoms with Crippen LogP contribution in [0.3, 0.4) is 0 Å². The van der Waals surface area contributed by atoms with E-state index in [9.17, 15) is 19.8 Å². The zero-order valence-corrected chi connectivity index (χ0v) is 28.3. The number of aliphatic hydroxyl groups is 2. The van der Waals surface area contributed by atoms with E-state index in [0.717, 1.165) is 40.3 Å². The Labute approximate surface area is 283 Å². The second-order valence-electron chi connectivity index (χ2n) is 13.9. The number of furan rings is 1. The molecule has 3 aromatic carbocycles. The summed E-state index contributed by atoms with van der Waals surface area (Å²) in [7, 11) is 0. The van der Waals surface area contributed by atoms with E-state index in [-0.39, 0.29) is 30.6 Å².